The molecule has 1 N–H and O–H groups in total. The van der Waals surface area contributed by atoms with Crippen LogP contribution in [0.2, 0.25) is 0 Å². The molecule has 0 amide bonds. The van der Waals surface area contributed by atoms with Crippen LogP contribution in [0.15, 0.2) is 0 Å². The summed E-state index contributed by atoms with van der Waals surface area (Å²) in [5.74, 6) is 0.455. The summed E-state index contributed by atoms with van der Waals surface area (Å²) >= 11 is 0. The Morgan fingerprint density at radius 1 is 1.12 bits per heavy atom. The van der Waals surface area contributed by atoms with Gasteiger partial charge in [0.05, 0.1) is 6.04 Å². The fourth-order valence-electron chi connectivity index (χ4n) is 1.75. The number of rotatable bonds is 10. The first kappa shape index (κ1) is 15.8. The zero-order chi connectivity index (χ0) is 12.4. The van der Waals surface area contributed by atoms with Crippen LogP contribution in [-0.4, -0.2) is 46.8 Å². The van der Waals surface area contributed by atoms with E-state index < -0.39 is 0 Å². The van der Waals surface area contributed by atoms with Crippen LogP contribution in [0.1, 0.15) is 26.7 Å². The van der Waals surface area contributed by atoms with Gasteiger partial charge in [0.25, 0.3) is 0 Å². The Bertz CT molecular complexity index is 151. The Labute approximate surface area is 99.6 Å². The molecule has 98 valence electrons. The van der Waals surface area contributed by atoms with Gasteiger partial charge in [-0.2, -0.15) is 0 Å². The van der Waals surface area contributed by atoms with Crippen LogP contribution in [0.25, 0.3) is 0 Å². The van der Waals surface area contributed by atoms with Crippen LogP contribution in [-0.2, 0) is 14.2 Å². The van der Waals surface area contributed by atoms with E-state index in [1.54, 1.807) is 21.3 Å². The van der Waals surface area contributed by atoms with Crippen molar-refractivity contribution in [2.45, 2.75) is 39.0 Å². The van der Waals surface area contributed by atoms with Gasteiger partial charge in [0.1, 0.15) is 0 Å². The lowest BCUT2D eigenvalue weighted by atomic mass is 9.98. The topological polar surface area (TPSA) is 39.7 Å². The minimum atomic E-state index is -0.196. The fourth-order valence-corrected chi connectivity index (χ4v) is 1.75. The zero-order valence-corrected chi connectivity index (χ0v) is 11.3. The molecule has 16 heavy (non-hydrogen) atoms. The molecule has 0 saturated heterocycles. The van der Waals surface area contributed by atoms with Gasteiger partial charge in [-0.3, -0.25) is 0 Å². The molecule has 4 nitrogen and oxygen atoms in total. The Kier molecular flexibility index (Phi) is 9.92. The number of methoxy groups -OCH3 is 3. The summed E-state index contributed by atoms with van der Waals surface area (Å²) in [5.41, 5.74) is 0. The highest BCUT2D eigenvalue weighted by Crippen LogP contribution is 2.14. The average Bonchev–Trinajstić information content (AvgIpc) is 2.31. The molecule has 0 bridgehead atoms. The molecule has 0 spiro atoms. The Hall–Kier alpha value is -0.160. The van der Waals surface area contributed by atoms with Crippen molar-refractivity contribution in [3.05, 3.63) is 0 Å². The second-order valence-corrected chi connectivity index (χ2v) is 4.08. The molecule has 0 rings (SSSR count). The molecular formula is C12H27NO3. The van der Waals surface area contributed by atoms with E-state index in [1.165, 1.54) is 0 Å². The SMILES string of the molecule is CCCNC(C(C)CCOC)C(OC)OC. The lowest BCUT2D eigenvalue weighted by molar-refractivity contribution is -0.133. The van der Waals surface area contributed by atoms with Crippen molar-refractivity contribution in [3.8, 4) is 0 Å². The van der Waals surface area contributed by atoms with Crippen LogP contribution in [0.4, 0.5) is 0 Å². The molecule has 0 aliphatic rings. The molecule has 0 aromatic heterocycles. The standard InChI is InChI=1S/C12H27NO3/c1-6-8-13-11(12(15-4)16-5)10(2)7-9-14-3/h10-13H,6-9H2,1-5H3. The molecule has 0 radical (unpaired) electrons. The van der Waals surface area contributed by atoms with Gasteiger partial charge in [-0.1, -0.05) is 13.8 Å². The minimum absolute atomic E-state index is 0.196. The summed E-state index contributed by atoms with van der Waals surface area (Å²) in [6.45, 7) is 6.09. The third-order valence-electron chi connectivity index (χ3n) is 2.78. The largest absolute Gasteiger partial charge is 0.385 e. The molecule has 2 unspecified atom stereocenters. The summed E-state index contributed by atoms with van der Waals surface area (Å²) in [4.78, 5) is 0. The molecule has 4 heteroatoms. The number of hydrogen-bond acceptors (Lipinski definition) is 4. The van der Waals surface area contributed by atoms with E-state index in [1.807, 2.05) is 0 Å². The van der Waals surface area contributed by atoms with E-state index in [4.69, 9.17) is 14.2 Å². The average molecular weight is 233 g/mol. The van der Waals surface area contributed by atoms with Gasteiger partial charge in [0.2, 0.25) is 0 Å². The maximum absolute atomic E-state index is 5.33. The molecule has 2 atom stereocenters. The normalized spacial score (nSPS) is 15.4. The highest BCUT2D eigenvalue weighted by Gasteiger charge is 2.25. The van der Waals surface area contributed by atoms with Gasteiger partial charge in [-0.25, -0.2) is 0 Å². The Morgan fingerprint density at radius 2 is 1.75 bits per heavy atom. The first-order valence-corrected chi connectivity index (χ1v) is 5.99. The molecule has 0 aromatic rings. The molecule has 0 aliphatic heterocycles. The van der Waals surface area contributed by atoms with Gasteiger partial charge >= 0.3 is 0 Å². The minimum Gasteiger partial charge on any atom is -0.385 e. The highest BCUT2D eigenvalue weighted by molar-refractivity contribution is 4.76. The van der Waals surface area contributed by atoms with E-state index in [0.29, 0.717) is 5.92 Å². The third kappa shape index (κ3) is 5.80. The van der Waals surface area contributed by atoms with E-state index in [0.717, 1.165) is 26.0 Å². The van der Waals surface area contributed by atoms with Crippen LogP contribution < -0.4 is 5.32 Å². The first-order chi connectivity index (χ1) is 7.71. The van der Waals surface area contributed by atoms with Gasteiger partial charge < -0.3 is 19.5 Å². The van der Waals surface area contributed by atoms with Crippen LogP contribution in [0.3, 0.4) is 0 Å². The lowest BCUT2D eigenvalue weighted by Crippen LogP contribution is -2.47. The Balaban J connectivity index is 4.25. The summed E-state index contributed by atoms with van der Waals surface area (Å²) in [6, 6.07) is 0.213. The summed E-state index contributed by atoms with van der Waals surface area (Å²) in [7, 11) is 5.08. The quantitative estimate of drug-likeness (QED) is 0.582. The second-order valence-electron chi connectivity index (χ2n) is 4.08. The summed E-state index contributed by atoms with van der Waals surface area (Å²) < 4.78 is 15.8. The van der Waals surface area contributed by atoms with Crippen LogP contribution in [0.5, 0.6) is 0 Å². The lowest BCUT2D eigenvalue weighted by Gasteiger charge is -2.30. The summed E-state index contributed by atoms with van der Waals surface area (Å²) in [6.07, 6.45) is 1.91. The number of ether oxygens (including phenoxy) is 3. The van der Waals surface area contributed by atoms with Crippen LogP contribution >= 0.6 is 0 Å². The van der Waals surface area contributed by atoms with Crippen LogP contribution in [0, 0.1) is 5.92 Å². The van der Waals surface area contributed by atoms with Crippen molar-refractivity contribution in [1.82, 2.24) is 5.32 Å². The monoisotopic (exact) mass is 233 g/mol. The van der Waals surface area contributed by atoms with Crippen molar-refractivity contribution in [2.24, 2.45) is 5.92 Å². The Morgan fingerprint density at radius 3 is 2.19 bits per heavy atom. The summed E-state index contributed by atoms with van der Waals surface area (Å²) in [5, 5.41) is 3.47. The predicted octanol–water partition coefficient (Wildman–Crippen LogP) is 1.65. The molecular weight excluding hydrogens is 206 g/mol. The van der Waals surface area contributed by atoms with Gasteiger partial charge in [-0.15, -0.1) is 0 Å². The third-order valence-corrected chi connectivity index (χ3v) is 2.78. The predicted molar refractivity (Wildman–Crippen MR) is 65.5 cm³/mol. The fraction of sp³-hybridized carbons (Fsp3) is 1.00. The van der Waals surface area contributed by atoms with Gasteiger partial charge in [0, 0.05) is 27.9 Å². The van der Waals surface area contributed by atoms with Gasteiger partial charge in [-0.05, 0) is 25.3 Å². The highest BCUT2D eigenvalue weighted by atomic mass is 16.7. The van der Waals surface area contributed by atoms with Crippen molar-refractivity contribution in [2.75, 3.05) is 34.5 Å². The maximum Gasteiger partial charge on any atom is 0.172 e. The van der Waals surface area contributed by atoms with Crippen molar-refractivity contribution in [1.29, 1.82) is 0 Å². The molecule has 0 aromatic carbocycles. The zero-order valence-electron chi connectivity index (χ0n) is 11.3. The smallest absolute Gasteiger partial charge is 0.172 e. The van der Waals surface area contributed by atoms with E-state index in [2.05, 4.69) is 19.2 Å². The van der Waals surface area contributed by atoms with Crippen molar-refractivity contribution >= 4 is 0 Å². The second kappa shape index (κ2) is 10.0. The molecule has 0 aliphatic carbocycles. The molecule has 0 saturated carbocycles. The molecule has 0 heterocycles. The van der Waals surface area contributed by atoms with E-state index >= 15 is 0 Å². The number of hydrogen-bond donors (Lipinski definition) is 1. The van der Waals surface area contributed by atoms with Crippen molar-refractivity contribution < 1.29 is 14.2 Å². The number of nitrogens with one attached hydrogen (secondary N) is 1. The van der Waals surface area contributed by atoms with E-state index in [9.17, 15) is 0 Å². The first-order valence-electron chi connectivity index (χ1n) is 5.99. The molecule has 0 fully saturated rings. The van der Waals surface area contributed by atoms with Gasteiger partial charge in [0.15, 0.2) is 6.29 Å². The van der Waals surface area contributed by atoms with E-state index in [-0.39, 0.29) is 12.3 Å². The van der Waals surface area contributed by atoms with Crippen molar-refractivity contribution in [3.63, 3.8) is 0 Å². The maximum atomic E-state index is 5.33.